The number of aromatic nitrogens is 2. The molecule has 0 spiro atoms. The SMILES string of the molecule is CCc1nnsc1C(=O)N1CCC[C@H](COc2ccccc2C)C1. The summed E-state index contributed by atoms with van der Waals surface area (Å²) >= 11 is 1.21. The van der Waals surface area contributed by atoms with Crippen molar-refractivity contribution in [2.24, 2.45) is 5.92 Å². The van der Waals surface area contributed by atoms with Gasteiger partial charge in [0.25, 0.3) is 5.91 Å². The van der Waals surface area contributed by atoms with Crippen LogP contribution in [0.4, 0.5) is 0 Å². The van der Waals surface area contributed by atoms with E-state index in [4.69, 9.17) is 4.74 Å². The maximum Gasteiger partial charge on any atom is 0.267 e. The van der Waals surface area contributed by atoms with E-state index in [9.17, 15) is 4.79 Å². The third-order valence-electron chi connectivity index (χ3n) is 4.46. The van der Waals surface area contributed by atoms with Crippen molar-refractivity contribution in [3.63, 3.8) is 0 Å². The first-order chi connectivity index (χ1) is 11.7. The zero-order chi connectivity index (χ0) is 16.9. The van der Waals surface area contributed by atoms with Crippen LogP contribution in [-0.2, 0) is 6.42 Å². The van der Waals surface area contributed by atoms with Crippen LogP contribution in [0.5, 0.6) is 5.75 Å². The molecule has 0 aliphatic carbocycles. The van der Waals surface area contributed by atoms with Crippen LogP contribution in [0, 0.1) is 12.8 Å². The van der Waals surface area contributed by atoms with Crippen LogP contribution < -0.4 is 4.74 Å². The predicted molar refractivity (Wildman–Crippen MR) is 94.6 cm³/mol. The first-order valence-corrected chi connectivity index (χ1v) is 9.25. The number of nitrogens with zero attached hydrogens (tertiary/aromatic N) is 3. The number of likely N-dealkylation sites (tertiary alicyclic amines) is 1. The highest BCUT2D eigenvalue weighted by atomic mass is 32.1. The number of hydrogen-bond donors (Lipinski definition) is 0. The number of para-hydroxylation sites is 1. The third kappa shape index (κ3) is 3.75. The third-order valence-corrected chi connectivity index (χ3v) is 5.22. The predicted octanol–water partition coefficient (Wildman–Crippen LogP) is 3.34. The van der Waals surface area contributed by atoms with Gasteiger partial charge in [-0.05, 0) is 49.3 Å². The fourth-order valence-electron chi connectivity index (χ4n) is 3.06. The van der Waals surface area contributed by atoms with Gasteiger partial charge in [-0.3, -0.25) is 4.79 Å². The fourth-order valence-corrected chi connectivity index (χ4v) is 3.78. The van der Waals surface area contributed by atoms with Crippen molar-refractivity contribution in [2.45, 2.75) is 33.1 Å². The molecular weight excluding hydrogens is 322 g/mol. The van der Waals surface area contributed by atoms with Crippen LogP contribution in [0.3, 0.4) is 0 Å². The Labute approximate surface area is 146 Å². The summed E-state index contributed by atoms with van der Waals surface area (Å²) < 4.78 is 9.91. The summed E-state index contributed by atoms with van der Waals surface area (Å²) in [5.74, 6) is 1.37. The van der Waals surface area contributed by atoms with Gasteiger partial charge in [-0.2, -0.15) is 0 Å². The summed E-state index contributed by atoms with van der Waals surface area (Å²) in [7, 11) is 0. The molecule has 1 aliphatic heterocycles. The molecule has 128 valence electrons. The Hall–Kier alpha value is -1.95. The van der Waals surface area contributed by atoms with Crippen LogP contribution in [0.15, 0.2) is 24.3 Å². The van der Waals surface area contributed by atoms with E-state index < -0.39 is 0 Å². The number of benzene rings is 1. The topological polar surface area (TPSA) is 55.3 Å². The molecule has 0 unspecified atom stereocenters. The standard InChI is InChI=1S/C18H23N3O2S/c1-3-15-17(24-20-19-15)18(22)21-10-6-8-14(11-21)12-23-16-9-5-4-7-13(16)2/h4-5,7,9,14H,3,6,8,10-12H2,1-2H3/t14-/m0/s1. The molecule has 1 atom stereocenters. The van der Waals surface area contributed by atoms with Crippen molar-refractivity contribution in [3.8, 4) is 5.75 Å². The Bertz CT molecular complexity index is 701. The number of ether oxygens (including phenoxy) is 1. The largest absolute Gasteiger partial charge is 0.493 e. The molecule has 1 saturated heterocycles. The van der Waals surface area contributed by atoms with Gasteiger partial charge in [-0.15, -0.1) is 5.10 Å². The summed E-state index contributed by atoms with van der Waals surface area (Å²) in [4.78, 5) is 15.4. The smallest absolute Gasteiger partial charge is 0.267 e. The lowest BCUT2D eigenvalue weighted by atomic mass is 9.98. The van der Waals surface area contributed by atoms with E-state index in [-0.39, 0.29) is 5.91 Å². The fraction of sp³-hybridized carbons (Fsp3) is 0.500. The van der Waals surface area contributed by atoms with Gasteiger partial charge in [0.2, 0.25) is 0 Å². The highest BCUT2D eigenvalue weighted by molar-refractivity contribution is 7.08. The summed E-state index contributed by atoms with van der Waals surface area (Å²) in [6.45, 7) is 6.25. The van der Waals surface area contributed by atoms with Crippen LogP contribution in [0.2, 0.25) is 0 Å². The molecule has 1 fully saturated rings. The molecule has 0 saturated carbocycles. The first-order valence-electron chi connectivity index (χ1n) is 8.48. The van der Waals surface area contributed by atoms with E-state index in [0.29, 0.717) is 17.4 Å². The van der Waals surface area contributed by atoms with Crippen LogP contribution in [0.1, 0.15) is 40.7 Å². The molecular formula is C18H23N3O2S. The zero-order valence-corrected chi connectivity index (χ0v) is 15.0. The van der Waals surface area contributed by atoms with Gasteiger partial charge in [0.1, 0.15) is 10.6 Å². The van der Waals surface area contributed by atoms with Crippen molar-refractivity contribution in [1.82, 2.24) is 14.5 Å². The molecule has 2 heterocycles. The van der Waals surface area contributed by atoms with Crippen molar-refractivity contribution in [3.05, 3.63) is 40.4 Å². The summed E-state index contributed by atoms with van der Waals surface area (Å²) in [5, 5.41) is 4.05. The van der Waals surface area contributed by atoms with Gasteiger partial charge in [0.05, 0.1) is 12.3 Å². The lowest BCUT2D eigenvalue weighted by Gasteiger charge is -2.32. The number of piperidine rings is 1. The average molecular weight is 345 g/mol. The Morgan fingerprint density at radius 1 is 1.42 bits per heavy atom. The van der Waals surface area contributed by atoms with Gasteiger partial charge >= 0.3 is 0 Å². The highest BCUT2D eigenvalue weighted by Crippen LogP contribution is 2.23. The van der Waals surface area contributed by atoms with E-state index in [2.05, 4.69) is 22.6 Å². The van der Waals surface area contributed by atoms with Crippen molar-refractivity contribution >= 4 is 17.4 Å². The van der Waals surface area contributed by atoms with Crippen molar-refractivity contribution in [1.29, 1.82) is 0 Å². The monoisotopic (exact) mass is 345 g/mol. The number of hydrogen-bond acceptors (Lipinski definition) is 5. The Morgan fingerprint density at radius 2 is 2.25 bits per heavy atom. The quantitative estimate of drug-likeness (QED) is 0.834. The highest BCUT2D eigenvalue weighted by Gasteiger charge is 2.27. The Balaban J connectivity index is 1.60. The molecule has 1 aromatic heterocycles. The molecule has 1 aromatic carbocycles. The van der Waals surface area contributed by atoms with E-state index in [1.165, 1.54) is 11.5 Å². The molecule has 1 amide bonds. The van der Waals surface area contributed by atoms with Crippen LogP contribution >= 0.6 is 11.5 Å². The number of rotatable bonds is 5. The lowest BCUT2D eigenvalue weighted by molar-refractivity contribution is 0.0636. The molecule has 0 bridgehead atoms. The zero-order valence-electron chi connectivity index (χ0n) is 14.2. The molecule has 0 radical (unpaired) electrons. The average Bonchev–Trinajstić information content (AvgIpc) is 3.09. The van der Waals surface area contributed by atoms with E-state index >= 15 is 0 Å². The maximum absolute atomic E-state index is 12.7. The molecule has 2 aromatic rings. The van der Waals surface area contributed by atoms with Crippen molar-refractivity contribution in [2.75, 3.05) is 19.7 Å². The minimum atomic E-state index is 0.0717. The van der Waals surface area contributed by atoms with Crippen LogP contribution in [-0.4, -0.2) is 40.1 Å². The van der Waals surface area contributed by atoms with E-state index in [1.807, 2.05) is 30.0 Å². The molecule has 6 heteroatoms. The lowest BCUT2D eigenvalue weighted by Crippen LogP contribution is -2.41. The maximum atomic E-state index is 12.7. The number of carbonyl (C=O) groups excluding carboxylic acids is 1. The molecule has 1 aliphatic rings. The summed E-state index contributed by atoms with van der Waals surface area (Å²) in [6.07, 6.45) is 2.85. The number of aryl methyl sites for hydroxylation is 2. The van der Waals surface area contributed by atoms with Gasteiger partial charge < -0.3 is 9.64 Å². The Kier molecular flexibility index (Phi) is 5.45. The second-order valence-corrected chi connectivity index (χ2v) is 6.99. The van der Waals surface area contributed by atoms with Gasteiger partial charge in [0, 0.05) is 19.0 Å². The van der Waals surface area contributed by atoms with Crippen molar-refractivity contribution < 1.29 is 9.53 Å². The molecule has 3 rings (SSSR count). The van der Waals surface area contributed by atoms with Gasteiger partial charge in [0.15, 0.2) is 0 Å². The van der Waals surface area contributed by atoms with E-state index in [1.54, 1.807) is 0 Å². The minimum Gasteiger partial charge on any atom is -0.493 e. The molecule has 24 heavy (non-hydrogen) atoms. The molecule has 0 N–H and O–H groups in total. The normalized spacial score (nSPS) is 17.8. The van der Waals surface area contributed by atoms with Gasteiger partial charge in [-0.25, -0.2) is 0 Å². The second kappa shape index (κ2) is 7.75. The number of carbonyl (C=O) groups is 1. The summed E-state index contributed by atoms with van der Waals surface area (Å²) in [6, 6.07) is 8.05. The number of amides is 1. The van der Waals surface area contributed by atoms with E-state index in [0.717, 1.165) is 49.4 Å². The summed E-state index contributed by atoms with van der Waals surface area (Å²) in [5.41, 5.74) is 1.95. The Morgan fingerprint density at radius 3 is 3.04 bits per heavy atom. The minimum absolute atomic E-state index is 0.0717. The first kappa shape index (κ1) is 16.9. The van der Waals surface area contributed by atoms with Crippen LogP contribution in [0.25, 0.3) is 0 Å². The molecule has 5 nitrogen and oxygen atoms in total. The van der Waals surface area contributed by atoms with Gasteiger partial charge in [-0.1, -0.05) is 29.6 Å². The second-order valence-electron chi connectivity index (χ2n) is 6.24.